The van der Waals surface area contributed by atoms with E-state index in [2.05, 4.69) is 9.80 Å². The summed E-state index contributed by atoms with van der Waals surface area (Å²) >= 11 is 0. The van der Waals surface area contributed by atoms with Gasteiger partial charge in [0.15, 0.2) is 0 Å². The van der Waals surface area contributed by atoms with Crippen molar-refractivity contribution in [1.82, 2.24) is 14.7 Å². The lowest BCUT2D eigenvalue weighted by molar-refractivity contribution is -0.143. The van der Waals surface area contributed by atoms with E-state index in [9.17, 15) is 31.1 Å². The van der Waals surface area contributed by atoms with Gasteiger partial charge in [-0.05, 0) is 74.7 Å². The number of halogens is 6. The van der Waals surface area contributed by atoms with Crippen molar-refractivity contribution in [2.24, 2.45) is 0 Å². The van der Waals surface area contributed by atoms with Gasteiger partial charge >= 0.3 is 12.4 Å². The molecule has 1 atom stereocenters. The molecule has 0 aromatic heterocycles. The molecule has 2 fully saturated rings. The quantitative estimate of drug-likeness (QED) is 0.304. The molecule has 0 spiro atoms. The second kappa shape index (κ2) is 13.8. The van der Waals surface area contributed by atoms with Gasteiger partial charge in [-0.15, -0.1) is 0 Å². The molecule has 1 unspecified atom stereocenters. The van der Waals surface area contributed by atoms with Crippen LogP contribution in [0, 0.1) is 0 Å². The molecular formula is C31H39F6N3O3. The van der Waals surface area contributed by atoms with Crippen LogP contribution in [0.15, 0.2) is 36.4 Å². The Labute approximate surface area is 248 Å². The van der Waals surface area contributed by atoms with Crippen LogP contribution in [0.2, 0.25) is 0 Å². The number of carbonyl (C=O) groups is 1. The lowest BCUT2D eigenvalue weighted by Gasteiger charge is -2.43. The molecular weight excluding hydrogens is 576 g/mol. The fourth-order valence-corrected chi connectivity index (χ4v) is 6.24. The third kappa shape index (κ3) is 8.14. The predicted molar refractivity (Wildman–Crippen MR) is 150 cm³/mol. The molecule has 2 heterocycles. The summed E-state index contributed by atoms with van der Waals surface area (Å²) < 4.78 is 91.7. The number of likely N-dealkylation sites (tertiary alicyclic amines) is 2. The molecule has 1 amide bonds. The molecule has 0 radical (unpaired) electrons. The van der Waals surface area contributed by atoms with E-state index in [1.807, 2.05) is 0 Å². The number of piperidine rings is 2. The smallest absolute Gasteiger partial charge is 0.416 e. The summed E-state index contributed by atoms with van der Waals surface area (Å²) in [6.07, 6.45) is -5.06. The highest BCUT2D eigenvalue weighted by Crippen LogP contribution is 2.40. The molecule has 43 heavy (non-hydrogen) atoms. The van der Waals surface area contributed by atoms with Gasteiger partial charge in [0.1, 0.15) is 11.5 Å². The summed E-state index contributed by atoms with van der Waals surface area (Å²) in [5, 5.41) is 0. The van der Waals surface area contributed by atoms with Gasteiger partial charge in [0, 0.05) is 32.7 Å². The average molecular weight is 616 g/mol. The fraction of sp³-hybridized carbons (Fsp3) is 0.581. The number of amides is 1. The van der Waals surface area contributed by atoms with Crippen LogP contribution in [0.25, 0.3) is 0 Å². The number of carbonyl (C=O) groups excluding carboxylic acids is 1. The van der Waals surface area contributed by atoms with Crippen molar-refractivity contribution in [2.75, 3.05) is 54.0 Å². The second-order valence-electron chi connectivity index (χ2n) is 11.3. The SMILES string of the molecule is COc1cccc(OC)c1C(CN(C)C(=O)Cc1cc(C(F)(F)F)cc(C(F)(F)F)c1)N1CCC(N2CCCCC2)CC1. The number of hydrogen-bond donors (Lipinski definition) is 0. The van der Waals surface area contributed by atoms with Crippen molar-refractivity contribution in [3.05, 3.63) is 58.7 Å². The van der Waals surface area contributed by atoms with Crippen molar-refractivity contribution in [1.29, 1.82) is 0 Å². The first-order valence-corrected chi connectivity index (χ1v) is 14.5. The lowest BCUT2D eigenvalue weighted by atomic mass is 9.95. The Morgan fingerprint density at radius 3 is 1.91 bits per heavy atom. The van der Waals surface area contributed by atoms with Crippen LogP contribution in [-0.4, -0.2) is 80.6 Å². The molecule has 2 aromatic carbocycles. The number of likely N-dealkylation sites (N-methyl/N-ethyl adjacent to an activating group) is 1. The van der Waals surface area contributed by atoms with Crippen molar-refractivity contribution in [3.8, 4) is 11.5 Å². The van der Waals surface area contributed by atoms with Gasteiger partial charge in [0.05, 0.1) is 43.4 Å². The summed E-state index contributed by atoms with van der Waals surface area (Å²) in [6, 6.07) is 6.76. The van der Waals surface area contributed by atoms with E-state index in [0.717, 1.165) is 44.6 Å². The summed E-state index contributed by atoms with van der Waals surface area (Å²) in [4.78, 5) is 19.5. The lowest BCUT2D eigenvalue weighted by Crippen LogP contribution is -2.49. The zero-order valence-electron chi connectivity index (χ0n) is 24.7. The highest BCUT2D eigenvalue weighted by molar-refractivity contribution is 5.78. The Morgan fingerprint density at radius 1 is 0.884 bits per heavy atom. The Balaban J connectivity index is 1.58. The maximum absolute atomic E-state index is 13.4. The maximum atomic E-state index is 13.4. The molecule has 2 aliphatic rings. The van der Waals surface area contributed by atoms with Gasteiger partial charge in [-0.3, -0.25) is 9.69 Å². The monoisotopic (exact) mass is 615 g/mol. The van der Waals surface area contributed by atoms with Crippen LogP contribution in [0.4, 0.5) is 26.3 Å². The first-order chi connectivity index (χ1) is 20.3. The number of nitrogens with zero attached hydrogens (tertiary/aromatic N) is 3. The third-order valence-electron chi connectivity index (χ3n) is 8.52. The minimum atomic E-state index is -4.99. The Kier molecular flexibility index (Phi) is 10.5. The van der Waals surface area contributed by atoms with Crippen LogP contribution in [-0.2, 0) is 23.6 Å². The summed E-state index contributed by atoms with van der Waals surface area (Å²) in [7, 11) is 4.59. The molecule has 0 saturated carbocycles. The van der Waals surface area contributed by atoms with Gasteiger partial charge in [-0.2, -0.15) is 26.3 Å². The Hall–Kier alpha value is -2.99. The van der Waals surface area contributed by atoms with Gasteiger partial charge < -0.3 is 19.3 Å². The molecule has 0 N–H and O–H groups in total. The van der Waals surface area contributed by atoms with Gasteiger partial charge in [0.25, 0.3) is 0 Å². The Bertz CT molecular complexity index is 1180. The second-order valence-corrected chi connectivity index (χ2v) is 11.3. The summed E-state index contributed by atoms with van der Waals surface area (Å²) in [5.41, 5.74) is -2.50. The molecule has 2 aliphatic heterocycles. The average Bonchev–Trinajstić information content (AvgIpc) is 2.99. The number of alkyl halides is 6. The van der Waals surface area contributed by atoms with E-state index in [0.29, 0.717) is 29.7 Å². The molecule has 238 valence electrons. The first kappa shape index (κ1) is 32.9. The van der Waals surface area contributed by atoms with Crippen LogP contribution in [0.5, 0.6) is 11.5 Å². The van der Waals surface area contributed by atoms with Gasteiger partial charge in [-0.1, -0.05) is 12.5 Å². The topological polar surface area (TPSA) is 45.3 Å². The number of rotatable bonds is 9. The van der Waals surface area contributed by atoms with Crippen LogP contribution < -0.4 is 9.47 Å². The number of methoxy groups -OCH3 is 2. The number of hydrogen-bond acceptors (Lipinski definition) is 5. The van der Waals surface area contributed by atoms with E-state index in [-0.39, 0.29) is 24.2 Å². The van der Waals surface area contributed by atoms with Crippen molar-refractivity contribution >= 4 is 5.91 Å². The normalized spacial score (nSPS) is 18.3. The number of benzene rings is 2. The largest absolute Gasteiger partial charge is 0.496 e. The van der Waals surface area contributed by atoms with Crippen molar-refractivity contribution in [2.45, 2.75) is 63.0 Å². The molecule has 12 heteroatoms. The van der Waals surface area contributed by atoms with E-state index < -0.39 is 35.8 Å². The molecule has 2 aromatic rings. The number of ether oxygens (including phenoxy) is 2. The fourth-order valence-electron chi connectivity index (χ4n) is 6.24. The maximum Gasteiger partial charge on any atom is 0.416 e. The molecule has 0 aliphatic carbocycles. The van der Waals surface area contributed by atoms with Crippen molar-refractivity contribution < 1.29 is 40.6 Å². The van der Waals surface area contributed by atoms with E-state index >= 15 is 0 Å². The van der Waals surface area contributed by atoms with Gasteiger partial charge in [-0.25, -0.2) is 0 Å². The highest BCUT2D eigenvalue weighted by Gasteiger charge is 2.38. The molecule has 6 nitrogen and oxygen atoms in total. The predicted octanol–water partition coefficient (Wildman–Crippen LogP) is 6.43. The zero-order chi connectivity index (χ0) is 31.4. The minimum Gasteiger partial charge on any atom is -0.496 e. The van der Waals surface area contributed by atoms with Gasteiger partial charge in [0.2, 0.25) is 5.91 Å². The van der Waals surface area contributed by atoms with Crippen molar-refractivity contribution in [3.63, 3.8) is 0 Å². The molecule has 4 rings (SSSR count). The van der Waals surface area contributed by atoms with Crippen LogP contribution >= 0.6 is 0 Å². The third-order valence-corrected chi connectivity index (χ3v) is 8.52. The summed E-state index contributed by atoms with van der Waals surface area (Å²) in [5.74, 6) is 0.529. The van der Waals surface area contributed by atoms with Crippen LogP contribution in [0.3, 0.4) is 0 Å². The first-order valence-electron chi connectivity index (χ1n) is 14.5. The van der Waals surface area contributed by atoms with E-state index in [4.69, 9.17) is 9.47 Å². The molecule has 2 saturated heterocycles. The van der Waals surface area contributed by atoms with Crippen LogP contribution in [0.1, 0.15) is 60.4 Å². The molecule has 0 bridgehead atoms. The summed E-state index contributed by atoms with van der Waals surface area (Å²) in [6.45, 7) is 3.82. The Morgan fingerprint density at radius 2 is 1.42 bits per heavy atom. The van der Waals surface area contributed by atoms with E-state index in [1.165, 1.54) is 31.2 Å². The standard InChI is InChI=1S/C31H39F6N3O3/c1-38(28(41)18-21-16-22(30(32,33)34)19-23(17-21)31(35,36)37)20-25(29-26(42-2)8-7-9-27(29)43-3)40-14-10-24(11-15-40)39-12-5-4-6-13-39/h7-9,16-17,19,24-25H,4-6,10-15,18,20H2,1-3H3. The minimum absolute atomic E-state index is 0.0647. The van der Waals surface area contributed by atoms with E-state index in [1.54, 1.807) is 32.4 Å². The highest BCUT2D eigenvalue weighted by atomic mass is 19.4. The zero-order valence-corrected chi connectivity index (χ0v) is 24.7.